The second-order valence-corrected chi connectivity index (χ2v) is 15.8. The van der Waals surface area contributed by atoms with E-state index >= 15 is 0 Å². The SMILES string of the molecule is C=C1CC=CCCCCCC(NC(=O)c2cnccn2)C(=O)N2CC(Oc3nc4cc(F)ccc4nc3C)CC2C(=O)NC(C(=O)NS(=O)(=O)C2CC2)C1. The van der Waals surface area contributed by atoms with Gasteiger partial charge in [0, 0.05) is 24.9 Å². The van der Waals surface area contributed by atoms with Crippen molar-refractivity contribution in [3.05, 3.63) is 78.3 Å². The third-order valence-corrected chi connectivity index (χ3v) is 11.4. The van der Waals surface area contributed by atoms with Crippen LogP contribution in [0.4, 0.5) is 4.39 Å². The topological polar surface area (TPSA) is 203 Å². The standard InChI is InChI=1S/C37H43FN8O7S/c1-22-9-7-5-3-4-6-8-10-28(42-33(47)31-20-39-15-16-40-31)37(50)46-21-25(53-36-23(2)41-27-14-11-24(38)18-29(27)44-36)19-32(46)35(49)43-30(17-22)34(48)45-54(51,52)26-12-13-26/h5,7,11,14-16,18,20,25-26,28,30,32H,1,3-4,6,8-10,12-13,17,19,21H2,2H3,(H,42,47)(H,43,49)(H,45,48). The Hall–Kier alpha value is -5.32. The van der Waals surface area contributed by atoms with E-state index in [1.54, 1.807) is 6.92 Å². The van der Waals surface area contributed by atoms with Crippen molar-refractivity contribution in [2.45, 2.75) is 101 Å². The number of fused-ring (bicyclic) bond motifs is 2. The summed E-state index contributed by atoms with van der Waals surface area (Å²) in [5.41, 5.74) is 1.70. The van der Waals surface area contributed by atoms with E-state index in [2.05, 4.69) is 41.9 Å². The summed E-state index contributed by atoms with van der Waals surface area (Å²) < 4.78 is 47.9. The molecule has 4 atom stereocenters. The summed E-state index contributed by atoms with van der Waals surface area (Å²) in [4.78, 5) is 73.7. The molecule has 4 amide bonds. The molecule has 0 bridgehead atoms. The highest BCUT2D eigenvalue weighted by molar-refractivity contribution is 7.90. The Morgan fingerprint density at radius 3 is 2.63 bits per heavy atom. The number of carbonyl (C=O) groups excluding carboxylic acids is 4. The first-order chi connectivity index (χ1) is 25.9. The molecule has 0 radical (unpaired) electrons. The maximum absolute atomic E-state index is 14.5. The normalized spacial score (nSPS) is 23.3. The average molecular weight is 763 g/mol. The van der Waals surface area contributed by atoms with E-state index in [1.165, 1.54) is 41.7 Å². The quantitative estimate of drug-likeness (QED) is 0.299. The van der Waals surface area contributed by atoms with E-state index in [9.17, 15) is 32.0 Å². The van der Waals surface area contributed by atoms with Gasteiger partial charge in [-0.15, -0.1) is 0 Å². The highest BCUT2D eigenvalue weighted by Crippen LogP contribution is 2.29. The van der Waals surface area contributed by atoms with Gasteiger partial charge in [-0.1, -0.05) is 37.1 Å². The van der Waals surface area contributed by atoms with Gasteiger partial charge in [-0.3, -0.25) is 28.9 Å². The van der Waals surface area contributed by atoms with Crippen molar-refractivity contribution in [1.29, 1.82) is 0 Å². The molecule has 17 heteroatoms. The van der Waals surface area contributed by atoms with Gasteiger partial charge in [0.15, 0.2) is 0 Å². The fourth-order valence-electron chi connectivity index (χ4n) is 6.53. The summed E-state index contributed by atoms with van der Waals surface area (Å²) in [6, 6.07) is 0.396. The van der Waals surface area contributed by atoms with Gasteiger partial charge in [-0.05, 0) is 64.0 Å². The minimum absolute atomic E-state index is 0.00720. The van der Waals surface area contributed by atoms with Crippen LogP contribution in [0.1, 0.15) is 80.4 Å². The second-order valence-electron chi connectivity index (χ2n) is 13.9. The minimum atomic E-state index is -3.94. The summed E-state index contributed by atoms with van der Waals surface area (Å²) in [5, 5.41) is 4.80. The molecule has 0 spiro atoms. The summed E-state index contributed by atoms with van der Waals surface area (Å²) in [6.07, 6.45) is 11.5. The van der Waals surface area contributed by atoms with Crippen LogP contribution in [0.3, 0.4) is 0 Å². The molecule has 6 rings (SSSR count). The molecular formula is C37H43FN8O7S. The van der Waals surface area contributed by atoms with Gasteiger partial charge in [0.1, 0.15) is 41.4 Å². The molecule has 15 nitrogen and oxygen atoms in total. The molecule has 1 saturated carbocycles. The van der Waals surface area contributed by atoms with E-state index in [-0.39, 0.29) is 42.9 Å². The van der Waals surface area contributed by atoms with E-state index in [4.69, 9.17) is 4.74 Å². The van der Waals surface area contributed by atoms with Crippen LogP contribution >= 0.6 is 0 Å². The van der Waals surface area contributed by atoms with Crippen LogP contribution in [0, 0.1) is 12.7 Å². The molecule has 286 valence electrons. The number of rotatable bonds is 7. The van der Waals surface area contributed by atoms with Crippen LogP contribution in [0.25, 0.3) is 11.0 Å². The number of hydrogen-bond acceptors (Lipinski definition) is 11. The third-order valence-electron chi connectivity index (χ3n) is 9.55. The van der Waals surface area contributed by atoms with E-state index < -0.39 is 68.9 Å². The van der Waals surface area contributed by atoms with Gasteiger partial charge in [0.25, 0.3) is 11.8 Å². The molecular weight excluding hydrogens is 720 g/mol. The number of allylic oxidation sites excluding steroid dienone is 2. The van der Waals surface area contributed by atoms with Gasteiger partial charge in [0.2, 0.25) is 27.7 Å². The first-order valence-corrected chi connectivity index (χ1v) is 19.6. The van der Waals surface area contributed by atoms with Crippen molar-refractivity contribution >= 4 is 44.7 Å². The number of ether oxygens (including phenoxy) is 1. The zero-order chi connectivity index (χ0) is 38.4. The van der Waals surface area contributed by atoms with Crippen LogP contribution < -0.4 is 20.1 Å². The lowest BCUT2D eigenvalue weighted by atomic mass is 10.0. The molecule has 4 unspecified atom stereocenters. The molecule has 2 fully saturated rings. The van der Waals surface area contributed by atoms with Crippen LogP contribution in [-0.2, 0) is 24.4 Å². The first kappa shape index (κ1) is 38.4. The molecule has 3 N–H and O–H groups in total. The van der Waals surface area contributed by atoms with Gasteiger partial charge in [0.05, 0.1) is 29.0 Å². The molecule has 2 aromatic heterocycles. The number of carbonyl (C=O) groups is 4. The van der Waals surface area contributed by atoms with E-state index in [0.29, 0.717) is 42.5 Å². The molecule has 1 aliphatic carbocycles. The number of aromatic nitrogens is 4. The summed E-state index contributed by atoms with van der Waals surface area (Å²) in [5.74, 6) is -3.25. The van der Waals surface area contributed by atoms with Crippen molar-refractivity contribution in [1.82, 2.24) is 40.2 Å². The van der Waals surface area contributed by atoms with Gasteiger partial charge in [-0.25, -0.2) is 27.8 Å². The highest BCUT2D eigenvalue weighted by Gasteiger charge is 2.45. The van der Waals surface area contributed by atoms with Gasteiger partial charge < -0.3 is 20.3 Å². The van der Waals surface area contributed by atoms with E-state index in [1.807, 2.05) is 12.2 Å². The van der Waals surface area contributed by atoms with E-state index in [0.717, 1.165) is 19.3 Å². The van der Waals surface area contributed by atoms with Crippen LogP contribution in [0.5, 0.6) is 5.88 Å². The third kappa shape index (κ3) is 9.61. The van der Waals surface area contributed by atoms with Crippen molar-refractivity contribution < 1.29 is 36.7 Å². The maximum atomic E-state index is 14.5. The number of aryl methyl sites for hydroxylation is 1. The number of benzene rings is 1. The molecule has 3 aliphatic rings. The number of amides is 4. The lowest BCUT2D eigenvalue weighted by Gasteiger charge is -2.29. The zero-order valence-electron chi connectivity index (χ0n) is 29.9. The largest absolute Gasteiger partial charge is 0.471 e. The van der Waals surface area contributed by atoms with Crippen molar-refractivity contribution in [2.75, 3.05) is 6.54 Å². The van der Waals surface area contributed by atoms with Crippen molar-refractivity contribution in [3.8, 4) is 5.88 Å². The smallest absolute Gasteiger partial charge is 0.272 e. The second kappa shape index (κ2) is 16.8. The average Bonchev–Trinajstić information content (AvgIpc) is 3.93. The Kier molecular flexibility index (Phi) is 11.9. The Morgan fingerprint density at radius 1 is 1.06 bits per heavy atom. The van der Waals surface area contributed by atoms with Crippen LogP contribution in [0.15, 0.2) is 61.1 Å². The summed E-state index contributed by atoms with van der Waals surface area (Å²) in [6.45, 7) is 5.62. The number of hydrogen-bond donors (Lipinski definition) is 3. The highest BCUT2D eigenvalue weighted by atomic mass is 32.2. The Balaban J connectivity index is 1.31. The van der Waals surface area contributed by atoms with Crippen LogP contribution in [0.2, 0.25) is 0 Å². The lowest BCUT2D eigenvalue weighted by molar-refractivity contribution is -0.140. The Bertz CT molecular complexity index is 2060. The minimum Gasteiger partial charge on any atom is -0.471 e. The molecule has 2 aliphatic heterocycles. The van der Waals surface area contributed by atoms with Gasteiger partial charge >= 0.3 is 0 Å². The predicted octanol–water partition coefficient (Wildman–Crippen LogP) is 2.96. The summed E-state index contributed by atoms with van der Waals surface area (Å²) >= 11 is 0. The van der Waals surface area contributed by atoms with Gasteiger partial charge in [-0.2, -0.15) is 0 Å². The molecule has 1 aromatic carbocycles. The molecule has 54 heavy (non-hydrogen) atoms. The van der Waals surface area contributed by atoms with Crippen LogP contribution in [-0.4, -0.2) is 92.9 Å². The monoisotopic (exact) mass is 762 g/mol. The van der Waals surface area contributed by atoms with Crippen molar-refractivity contribution in [2.24, 2.45) is 0 Å². The Labute approximate surface area is 312 Å². The fraction of sp³-hybridized carbons (Fsp3) is 0.459. The number of halogens is 1. The zero-order valence-corrected chi connectivity index (χ0v) is 30.7. The lowest BCUT2D eigenvalue weighted by Crippen LogP contribution is -2.56. The molecule has 1 saturated heterocycles. The number of nitrogens with one attached hydrogen (secondary N) is 3. The fourth-order valence-corrected chi connectivity index (χ4v) is 7.87. The van der Waals surface area contributed by atoms with Crippen molar-refractivity contribution in [3.63, 3.8) is 0 Å². The Morgan fingerprint density at radius 2 is 1.87 bits per heavy atom. The molecule has 4 heterocycles. The number of nitrogens with zero attached hydrogens (tertiary/aromatic N) is 5. The molecule has 3 aromatic rings. The number of sulfonamides is 1. The first-order valence-electron chi connectivity index (χ1n) is 18.0. The predicted molar refractivity (Wildman–Crippen MR) is 195 cm³/mol. The maximum Gasteiger partial charge on any atom is 0.272 e. The summed E-state index contributed by atoms with van der Waals surface area (Å²) in [7, 11) is -3.94.